The molecule has 0 unspecified atom stereocenters. The minimum absolute atomic E-state index is 0.392. The molecule has 1 aromatic carbocycles. The molecule has 1 saturated carbocycles. The van der Waals surface area contributed by atoms with Gasteiger partial charge in [-0.05, 0) is 48.8 Å². The first-order chi connectivity index (χ1) is 11.6. The highest BCUT2D eigenvalue weighted by atomic mass is 35.5. The quantitative estimate of drug-likeness (QED) is 0.535. The summed E-state index contributed by atoms with van der Waals surface area (Å²) in [7, 11) is 0. The summed E-state index contributed by atoms with van der Waals surface area (Å²) in [5.74, 6) is 3.52. The molecule has 1 aliphatic carbocycles. The van der Waals surface area contributed by atoms with E-state index >= 15 is 0 Å². The highest BCUT2D eigenvalue weighted by molar-refractivity contribution is 7.71. The molecule has 7 heteroatoms. The van der Waals surface area contributed by atoms with Crippen LogP contribution in [0.5, 0.6) is 0 Å². The summed E-state index contributed by atoms with van der Waals surface area (Å²) in [4.78, 5) is 0. The molecule has 0 amide bonds. The number of halogens is 1. The number of nitrogens with zero attached hydrogens (tertiary/aromatic N) is 3. The van der Waals surface area contributed by atoms with Crippen LogP contribution in [-0.2, 0) is 0 Å². The van der Waals surface area contributed by atoms with Gasteiger partial charge in [0, 0.05) is 11.5 Å². The third-order valence-electron chi connectivity index (χ3n) is 4.19. The van der Waals surface area contributed by atoms with Gasteiger partial charge in [0.2, 0.25) is 4.77 Å². The zero-order valence-electron chi connectivity index (χ0n) is 12.9. The number of rotatable bonds is 4. The van der Waals surface area contributed by atoms with Gasteiger partial charge in [0.1, 0.15) is 11.5 Å². The van der Waals surface area contributed by atoms with Crippen LogP contribution in [0.1, 0.15) is 30.8 Å². The van der Waals surface area contributed by atoms with Gasteiger partial charge in [-0.1, -0.05) is 30.7 Å². The minimum Gasteiger partial charge on any atom is -0.460 e. The monoisotopic (exact) mass is 358 g/mol. The highest BCUT2D eigenvalue weighted by Gasteiger charge is 2.36. The third-order valence-corrected chi connectivity index (χ3v) is 4.78. The topological polar surface area (TPSA) is 59.1 Å². The summed E-state index contributed by atoms with van der Waals surface area (Å²) in [6.07, 6.45) is 2.83. The summed E-state index contributed by atoms with van der Waals surface area (Å²) in [6, 6.07) is 11.4. The van der Waals surface area contributed by atoms with Crippen LogP contribution in [0.4, 0.5) is 0 Å². The van der Waals surface area contributed by atoms with Crippen LogP contribution in [0, 0.1) is 10.7 Å². The van der Waals surface area contributed by atoms with Crippen molar-refractivity contribution in [2.75, 3.05) is 0 Å². The van der Waals surface area contributed by atoms with Crippen molar-refractivity contribution in [1.29, 1.82) is 0 Å². The smallest absolute Gasteiger partial charge is 0.216 e. The molecule has 0 bridgehead atoms. The lowest BCUT2D eigenvalue weighted by Crippen LogP contribution is -1.95. The number of benzene rings is 1. The molecule has 0 radical (unpaired) electrons. The molecule has 2 atom stereocenters. The van der Waals surface area contributed by atoms with Crippen molar-refractivity contribution in [3.05, 3.63) is 57.7 Å². The summed E-state index contributed by atoms with van der Waals surface area (Å²) in [5, 5.41) is 12.0. The Bertz CT molecular complexity index is 971. The molecular weight excluding hydrogens is 344 g/mol. The fourth-order valence-electron chi connectivity index (χ4n) is 2.69. The van der Waals surface area contributed by atoms with Gasteiger partial charge in [-0.3, -0.25) is 0 Å². The number of furan rings is 1. The molecule has 2 heterocycles. The second-order valence-electron chi connectivity index (χ2n) is 5.95. The normalized spacial score (nSPS) is 19.9. The van der Waals surface area contributed by atoms with Crippen molar-refractivity contribution in [3.63, 3.8) is 0 Å². The molecule has 1 fully saturated rings. The molecule has 122 valence electrons. The van der Waals surface area contributed by atoms with Gasteiger partial charge in [0.25, 0.3) is 0 Å². The Hall–Kier alpha value is -2.18. The second kappa shape index (κ2) is 6.03. The maximum atomic E-state index is 6.24. The van der Waals surface area contributed by atoms with E-state index in [9.17, 15) is 0 Å². The van der Waals surface area contributed by atoms with Crippen LogP contribution in [0.25, 0.3) is 11.4 Å². The largest absolute Gasteiger partial charge is 0.460 e. The predicted molar refractivity (Wildman–Crippen MR) is 96.1 cm³/mol. The summed E-state index contributed by atoms with van der Waals surface area (Å²) in [5.41, 5.74) is 0.760. The standard InChI is InChI=1S/C17H15ClN4OS/c1-10-8-13(10)15-7-6-11(23-15)9-19-22-16(20-21-17(22)24)12-4-2-3-5-14(12)18/h2-7,9-10,13H,8H2,1H3,(H,21,24)/b19-9-/t10-,13-/m0/s1. The average molecular weight is 359 g/mol. The van der Waals surface area contributed by atoms with Gasteiger partial charge in [-0.25, -0.2) is 5.10 Å². The average Bonchev–Trinajstić information content (AvgIpc) is 2.97. The van der Waals surface area contributed by atoms with Gasteiger partial charge in [0.15, 0.2) is 5.82 Å². The Morgan fingerprint density at radius 3 is 2.92 bits per heavy atom. The number of hydrogen-bond acceptors (Lipinski definition) is 4. The van der Waals surface area contributed by atoms with E-state index in [-0.39, 0.29) is 0 Å². The number of nitrogens with one attached hydrogen (secondary N) is 1. The van der Waals surface area contributed by atoms with Gasteiger partial charge < -0.3 is 4.42 Å². The maximum Gasteiger partial charge on any atom is 0.216 e. The zero-order valence-corrected chi connectivity index (χ0v) is 14.5. The van der Waals surface area contributed by atoms with Crippen LogP contribution >= 0.6 is 23.8 Å². The molecule has 2 aromatic heterocycles. The lowest BCUT2D eigenvalue weighted by atomic mass is 10.2. The number of H-pyrrole nitrogens is 1. The van der Waals surface area contributed by atoms with Crippen LogP contribution in [-0.4, -0.2) is 21.1 Å². The second-order valence-corrected chi connectivity index (χ2v) is 6.74. The molecule has 0 saturated heterocycles. The van der Waals surface area contributed by atoms with Gasteiger partial charge in [-0.2, -0.15) is 14.9 Å². The fraction of sp³-hybridized carbons (Fsp3) is 0.235. The molecule has 0 spiro atoms. The first kappa shape index (κ1) is 15.4. The van der Waals surface area contributed by atoms with E-state index in [1.807, 2.05) is 30.3 Å². The van der Waals surface area contributed by atoms with E-state index in [4.69, 9.17) is 28.2 Å². The first-order valence-electron chi connectivity index (χ1n) is 7.70. The fourth-order valence-corrected chi connectivity index (χ4v) is 3.09. The van der Waals surface area contributed by atoms with E-state index in [1.54, 1.807) is 17.0 Å². The lowest BCUT2D eigenvalue weighted by Gasteiger charge is -2.02. The van der Waals surface area contributed by atoms with Crippen molar-refractivity contribution in [2.24, 2.45) is 11.0 Å². The maximum absolute atomic E-state index is 6.24. The van der Waals surface area contributed by atoms with Crippen molar-refractivity contribution < 1.29 is 4.42 Å². The molecule has 1 aliphatic rings. The molecule has 5 nitrogen and oxygen atoms in total. The lowest BCUT2D eigenvalue weighted by molar-refractivity contribution is 0.500. The van der Waals surface area contributed by atoms with Crippen LogP contribution < -0.4 is 0 Å². The van der Waals surface area contributed by atoms with Gasteiger partial charge in [-0.15, -0.1) is 0 Å². The SMILES string of the molecule is C[C@H]1C[C@@H]1c1ccc(/C=N\n2c(-c3ccccc3Cl)n[nH]c2=S)o1. The van der Waals surface area contributed by atoms with Crippen molar-refractivity contribution in [3.8, 4) is 11.4 Å². The third kappa shape index (κ3) is 2.83. The number of aromatic nitrogens is 3. The molecule has 24 heavy (non-hydrogen) atoms. The summed E-state index contributed by atoms with van der Waals surface area (Å²) >= 11 is 11.5. The molecule has 3 aromatic rings. The Kier molecular flexibility index (Phi) is 3.86. The van der Waals surface area contributed by atoms with E-state index in [0.29, 0.717) is 33.2 Å². The Balaban J connectivity index is 1.65. The number of hydrogen-bond donors (Lipinski definition) is 1. The molecule has 4 rings (SSSR count). The first-order valence-corrected chi connectivity index (χ1v) is 8.48. The van der Waals surface area contributed by atoms with Crippen molar-refractivity contribution in [2.45, 2.75) is 19.3 Å². The molecular formula is C17H15ClN4OS. The highest BCUT2D eigenvalue weighted by Crippen LogP contribution is 2.47. The van der Waals surface area contributed by atoms with Crippen LogP contribution in [0.3, 0.4) is 0 Å². The van der Waals surface area contributed by atoms with Gasteiger partial charge >= 0.3 is 0 Å². The van der Waals surface area contributed by atoms with E-state index in [1.165, 1.54) is 6.42 Å². The Morgan fingerprint density at radius 2 is 2.17 bits per heavy atom. The molecule has 1 N–H and O–H groups in total. The number of aromatic amines is 1. The van der Waals surface area contributed by atoms with E-state index in [2.05, 4.69) is 22.2 Å². The zero-order chi connectivity index (χ0) is 16.7. The summed E-state index contributed by atoms with van der Waals surface area (Å²) in [6.45, 7) is 2.22. The Morgan fingerprint density at radius 1 is 1.38 bits per heavy atom. The predicted octanol–water partition coefficient (Wildman–Crippen LogP) is 4.86. The van der Waals surface area contributed by atoms with Crippen molar-refractivity contribution in [1.82, 2.24) is 14.9 Å². The minimum atomic E-state index is 0.392. The van der Waals surface area contributed by atoms with Crippen molar-refractivity contribution >= 4 is 30.0 Å². The van der Waals surface area contributed by atoms with Crippen LogP contribution in [0.2, 0.25) is 5.02 Å². The van der Waals surface area contributed by atoms with E-state index in [0.717, 1.165) is 11.3 Å². The van der Waals surface area contributed by atoms with E-state index < -0.39 is 0 Å². The van der Waals surface area contributed by atoms with Gasteiger partial charge in [0.05, 0.1) is 11.2 Å². The summed E-state index contributed by atoms with van der Waals surface area (Å²) < 4.78 is 7.76. The molecule has 0 aliphatic heterocycles. The van der Waals surface area contributed by atoms with Crippen LogP contribution in [0.15, 0.2) is 45.9 Å². The Labute approximate surface area is 149 Å².